The Bertz CT molecular complexity index is 2380. The third-order valence-electron chi connectivity index (χ3n) is 9.43. The zero-order valence-electron chi connectivity index (χ0n) is 24.7. The minimum atomic E-state index is 1.09. The quantitative estimate of drug-likeness (QED) is 0.196. The van der Waals surface area contributed by atoms with Crippen LogP contribution in [0.25, 0.3) is 88.1 Å². The van der Waals surface area contributed by atoms with E-state index < -0.39 is 0 Å². The third-order valence-corrected chi connectivity index (χ3v) is 9.43. The van der Waals surface area contributed by atoms with Gasteiger partial charge < -0.3 is 0 Å². The molecule has 1 heterocycles. The van der Waals surface area contributed by atoms with E-state index in [0.717, 1.165) is 5.69 Å². The summed E-state index contributed by atoms with van der Waals surface area (Å²) in [4.78, 5) is 4.90. The molecule has 9 rings (SSSR count). The van der Waals surface area contributed by atoms with Crippen LogP contribution < -0.4 is 0 Å². The average Bonchev–Trinajstić information content (AvgIpc) is 3.41. The molecular weight excluding hydrogens is 530 g/mol. The predicted molar refractivity (Wildman–Crippen MR) is 187 cm³/mol. The lowest BCUT2D eigenvalue weighted by Gasteiger charge is -2.20. The van der Waals surface area contributed by atoms with Gasteiger partial charge in [0.1, 0.15) is 0 Å². The summed E-state index contributed by atoms with van der Waals surface area (Å²) in [5.41, 5.74) is 14.9. The number of rotatable bonds is 3. The van der Waals surface area contributed by atoms with Gasteiger partial charge in [0.2, 0.25) is 0 Å². The van der Waals surface area contributed by atoms with E-state index in [-0.39, 0.29) is 0 Å². The Hall–Kier alpha value is -5.53. The van der Waals surface area contributed by atoms with E-state index in [1.165, 1.54) is 93.5 Å². The van der Waals surface area contributed by atoms with Gasteiger partial charge >= 0.3 is 0 Å². The van der Waals surface area contributed by atoms with Crippen LogP contribution in [0.2, 0.25) is 0 Å². The molecule has 7 aromatic carbocycles. The summed E-state index contributed by atoms with van der Waals surface area (Å²) in [5, 5.41) is 7.72. The highest BCUT2D eigenvalue weighted by Crippen LogP contribution is 2.52. The summed E-state index contributed by atoms with van der Waals surface area (Å²) in [6.45, 7) is 4.42. The first-order valence-electron chi connectivity index (χ1n) is 15.3. The van der Waals surface area contributed by atoms with Crippen molar-refractivity contribution in [3.05, 3.63) is 151 Å². The molecule has 1 heteroatoms. The van der Waals surface area contributed by atoms with Crippen molar-refractivity contribution in [3.63, 3.8) is 0 Å². The summed E-state index contributed by atoms with van der Waals surface area (Å²) in [6.07, 6.45) is 1.92. The molecule has 44 heavy (non-hydrogen) atoms. The fourth-order valence-electron chi connectivity index (χ4n) is 7.49. The minimum Gasteiger partial charge on any atom is -0.256 e. The van der Waals surface area contributed by atoms with Gasteiger partial charge in [0.15, 0.2) is 0 Å². The van der Waals surface area contributed by atoms with E-state index in [2.05, 4.69) is 147 Å². The highest BCUT2D eigenvalue weighted by molar-refractivity contribution is 6.29. The second-order valence-corrected chi connectivity index (χ2v) is 12.0. The highest BCUT2D eigenvalue weighted by Gasteiger charge is 2.27. The van der Waals surface area contributed by atoms with E-state index in [1.54, 1.807) is 0 Å². The van der Waals surface area contributed by atoms with Gasteiger partial charge in [-0.15, -0.1) is 0 Å². The summed E-state index contributed by atoms with van der Waals surface area (Å²) in [6, 6.07) is 49.1. The van der Waals surface area contributed by atoms with E-state index in [9.17, 15) is 0 Å². The Morgan fingerprint density at radius 1 is 0.409 bits per heavy atom. The lowest BCUT2D eigenvalue weighted by Crippen LogP contribution is -1.94. The molecule has 1 nitrogen and oxygen atoms in total. The fourth-order valence-corrected chi connectivity index (χ4v) is 7.49. The van der Waals surface area contributed by atoms with Crippen molar-refractivity contribution < 1.29 is 0 Å². The van der Waals surface area contributed by atoms with Crippen molar-refractivity contribution in [2.75, 3.05) is 0 Å². The number of aromatic nitrogens is 1. The van der Waals surface area contributed by atoms with E-state index in [0.29, 0.717) is 0 Å². The van der Waals surface area contributed by atoms with Crippen LogP contribution in [0.15, 0.2) is 140 Å². The normalized spacial score (nSPS) is 11.9. The Balaban J connectivity index is 1.48. The zero-order chi connectivity index (χ0) is 29.4. The van der Waals surface area contributed by atoms with Gasteiger partial charge in [0, 0.05) is 17.3 Å². The van der Waals surface area contributed by atoms with Crippen molar-refractivity contribution in [2.45, 2.75) is 13.8 Å². The number of hydrogen-bond donors (Lipinski definition) is 0. The average molecular weight is 560 g/mol. The van der Waals surface area contributed by atoms with Gasteiger partial charge in [-0.25, -0.2) is 0 Å². The molecule has 0 fully saturated rings. The molecule has 0 aliphatic heterocycles. The summed E-state index contributed by atoms with van der Waals surface area (Å²) in [7, 11) is 0. The van der Waals surface area contributed by atoms with Crippen LogP contribution in [0.1, 0.15) is 11.1 Å². The van der Waals surface area contributed by atoms with Crippen LogP contribution in [0, 0.1) is 13.8 Å². The molecule has 1 aliphatic rings. The smallest absolute Gasteiger partial charge is 0.0787 e. The Morgan fingerprint density at radius 3 is 1.77 bits per heavy atom. The molecular formula is C43H29N. The lowest BCUT2D eigenvalue weighted by atomic mass is 9.83. The van der Waals surface area contributed by atoms with Crippen molar-refractivity contribution in [2.24, 2.45) is 0 Å². The third kappa shape index (κ3) is 3.56. The number of aryl methyl sites for hydroxylation is 2. The molecule has 1 aliphatic carbocycles. The van der Waals surface area contributed by atoms with Crippen LogP contribution in [-0.4, -0.2) is 4.98 Å². The predicted octanol–water partition coefficient (Wildman–Crippen LogP) is 11.8. The van der Waals surface area contributed by atoms with Crippen LogP contribution in [0.3, 0.4) is 0 Å². The molecule has 0 amide bonds. The molecule has 0 unspecified atom stereocenters. The largest absolute Gasteiger partial charge is 0.256 e. The number of hydrogen-bond acceptors (Lipinski definition) is 1. The van der Waals surface area contributed by atoms with Crippen molar-refractivity contribution in [1.29, 1.82) is 0 Å². The van der Waals surface area contributed by atoms with Crippen LogP contribution in [-0.2, 0) is 0 Å². The van der Waals surface area contributed by atoms with Gasteiger partial charge in [-0.3, -0.25) is 4.98 Å². The second-order valence-electron chi connectivity index (χ2n) is 12.0. The summed E-state index contributed by atoms with van der Waals surface area (Å²) in [5.74, 6) is 0. The molecule has 0 saturated carbocycles. The maximum atomic E-state index is 4.90. The van der Waals surface area contributed by atoms with Crippen molar-refractivity contribution >= 4 is 32.3 Å². The SMILES string of the molecule is Cc1ccc2c(c1)c(-c1c(-c3ccccc3)cccc1-c1ccccc1)cc1c3ccc(C)c4c3c(cc21)-c1ncccc1-4. The standard InChI is InChI=1S/C43H29N/c1-26-18-20-32-35(23-26)38(41-30(28-11-5-3-6-12-28)15-9-16-31(41)29-13-7-4-8-14-29)24-37-33-21-19-27(2)40-34-17-10-22-44-43(34)39(42(33)40)25-36(32)37/h3-25H,1-2H3. The molecule has 0 N–H and O–H groups in total. The van der Waals surface area contributed by atoms with Crippen molar-refractivity contribution in [3.8, 4) is 55.8 Å². The zero-order valence-corrected chi connectivity index (χ0v) is 24.7. The van der Waals surface area contributed by atoms with Gasteiger partial charge in [0.05, 0.1) is 5.69 Å². The van der Waals surface area contributed by atoms with Gasteiger partial charge in [-0.1, -0.05) is 121 Å². The number of benzene rings is 7. The number of fused-ring (bicyclic) bond motifs is 7. The molecule has 1 aromatic heterocycles. The summed E-state index contributed by atoms with van der Waals surface area (Å²) < 4.78 is 0. The van der Waals surface area contributed by atoms with Gasteiger partial charge in [0.25, 0.3) is 0 Å². The Morgan fingerprint density at radius 2 is 1.05 bits per heavy atom. The monoisotopic (exact) mass is 559 g/mol. The molecule has 0 saturated heterocycles. The lowest BCUT2D eigenvalue weighted by molar-refractivity contribution is 1.34. The summed E-state index contributed by atoms with van der Waals surface area (Å²) >= 11 is 0. The maximum absolute atomic E-state index is 4.90. The van der Waals surface area contributed by atoms with E-state index in [4.69, 9.17) is 4.98 Å². The molecule has 0 spiro atoms. The molecule has 8 aromatic rings. The molecule has 206 valence electrons. The van der Waals surface area contributed by atoms with E-state index >= 15 is 0 Å². The first-order valence-corrected chi connectivity index (χ1v) is 15.3. The molecule has 0 radical (unpaired) electrons. The number of pyridine rings is 1. The maximum Gasteiger partial charge on any atom is 0.0787 e. The highest BCUT2D eigenvalue weighted by atomic mass is 14.7. The van der Waals surface area contributed by atoms with Crippen LogP contribution in [0.4, 0.5) is 0 Å². The van der Waals surface area contributed by atoms with Crippen LogP contribution in [0.5, 0.6) is 0 Å². The fraction of sp³-hybridized carbons (Fsp3) is 0.0465. The van der Waals surface area contributed by atoms with E-state index in [1.807, 2.05) is 6.20 Å². The topological polar surface area (TPSA) is 12.9 Å². The van der Waals surface area contributed by atoms with Crippen molar-refractivity contribution in [1.82, 2.24) is 4.98 Å². The second kappa shape index (κ2) is 9.49. The van der Waals surface area contributed by atoms with Gasteiger partial charge in [-0.2, -0.15) is 0 Å². The number of nitrogens with zero attached hydrogens (tertiary/aromatic N) is 1. The molecule has 0 bridgehead atoms. The first-order chi connectivity index (χ1) is 21.7. The minimum absolute atomic E-state index is 1.09. The Labute approximate surface area is 257 Å². The van der Waals surface area contributed by atoms with Gasteiger partial charge in [-0.05, 0) is 109 Å². The Kier molecular flexibility index (Phi) is 5.39. The van der Waals surface area contributed by atoms with Crippen LogP contribution >= 0.6 is 0 Å². The first kappa shape index (κ1) is 25.0. The molecule has 0 atom stereocenters.